The molecule has 18 heavy (non-hydrogen) atoms. The molecule has 0 aromatic heterocycles. The van der Waals surface area contributed by atoms with E-state index in [9.17, 15) is 21.6 Å². The molecule has 0 fully saturated rings. The quantitative estimate of drug-likeness (QED) is 0.648. The predicted molar refractivity (Wildman–Crippen MR) is 62.4 cm³/mol. The Bertz CT molecular complexity index is 662. The van der Waals surface area contributed by atoms with E-state index in [4.69, 9.17) is 9.66 Å². The van der Waals surface area contributed by atoms with Crippen LogP contribution in [-0.2, 0) is 20.1 Å². The minimum atomic E-state index is -4.70. The lowest BCUT2D eigenvalue weighted by molar-refractivity contribution is 0.0697. The van der Waals surface area contributed by atoms with E-state index in [-0.39, 0.29) is 11.3 Å². The Kier molecular flexibility index (Phi) is 3.94. The van der Waals surface area contributed by atoms with Gasteiger partial charge in [0.2, 0.25) is 10.0 Å². The number of carboxylic acid groups (broad SMARTS) is 1. The Morgan fingerprint density at radius 2 is 1.83 bits per heavy atom. The summed E-state index contributed by atoms with van der Waals surface area (Å²) in [5, 5.41) is 7.18. The summed E-state index contributed by atoms with van der Waals surface area (Å²) >= 11 is 0. The van der Waals surface area contributed by atoms with Crippen molar-refractivity contribution in [2.45, 2.75) is 0 Å². The van der Waals surface area contributed by atoms with Crippen molar-refractivity contribution in [2.24, 2.45) is 0 Å². The molecule has 0 unspecified atom stereocenters. The standard InChI is InChI=1S/C8H9NO7S2/c10-8(11)6-2-1-3-7(4-6)9-17(12,13)5-18(14,15)16/h1-4,9H,5H2,(H,10,11)(H,14,15,16). The van der Waals surface area contributed by atoms with E-state index >= 15 is 0 Å². The smallest absolute Gasteiger partial charge is 0.335 e. The van der Waals surface area contributed by atoms with Crippen molar-refractivity contribution in [2.75, 3.05) is 9.81 Å². The maximum absolute atomic E-state index is 11.3. The van der Waals surface area contributed by atoms with Crippen molar-refractivity contribution in [1.82, 2.24) is 0 Å². The summed E-state index contributed by atoms with van der Waals surface area (Å²) in [6, 6.07) is 4.79. The van der Waals surface area contributed by atoms with Gasteiger partial charge in [-0.1, -0.05) is 6.07 Å². The van der Waals surface area contributed by atoms with E-state index in [2.05, 4.69) is 0 Å². The van der Waals surface area contributed by atoms with Gasteiger partial charge in [-0.15, -0.1) is 0 Å². The van der Waals surface area contributed by atoms with Crippen LogP contribution in [0.15, 0.2) is 24.3 Å². The zero-order chi connectivity index (χ0) is 14.0. The first-order valence-electron chi connectivity index (χ1n) is 4.38. The molecule has 0 heterocycles. The summed E-state index contributed by atoms with van der Waals surface area (Å²) in [6.07, 6.45) is 0. The van der Waals surface area contributed by atoms with Crippen LogP contribution in [0.5, 0.6) is 0 Å². The van der Waals surface area contributed by atoms with Crippen molar-refractivity contribution in [3.05, 3.63) is 29.8 Å². The number of carbonyl (C=O) groups is 1. The highest BCUT2D eigenvalue weighted by atomic mass is 32.3. The third-order valence-electron chi connectivity index (χ3n) is 1.69. The molecule has 0 bridgehead atoms. The molecular weight excluding hydrogens is 286 g/mol. The minimum absolute atomic E-state index is 0.112. The summed E-state index contributed by atoms with van der Waals surface area (Å²) in [6.45, 7) is 0. The molecule has 0 aliphatic rings. The third-order valence-corrected chi connectivity index (χ3v) is 4.67. The number of hydrogen-bond acceptors (Lipinski definition) is 5. The van der Waals surface area contributed by atoms with Crippen LogP contribution in [-0.4, -0.2) is 37.5 Å². The van der Waals surface area contributed by atoms with Gasteiger partial charge in [0, 0.05) is 5.69 Å². The van der Waals surface area contributed by atoms with Crippen molar-refractivity contribution in [3.8, 4) is 0 Å². The van der Waals surface area contributed by atoms with Crippen molar-refractivity contribution in [3.63, 3.8) is 0 Å². The second kappa shape index (κ2) is 4.92. The van der Waals surface area contributed by atoms with Crippen LogP contribution in [0.2, 0.25) is 0 Å². The lowest BCUT2D eigenvalue weighted by Crippen LogP contribution is -2.22. The molecule has 1 aromatic rings. The molecule has 1 rings (SSSR count). The van der Waals surface area contributed by atoms with Gasteiger partial charge < -0.3 is 5.11 Å². The molecule has 0 aliphatic carbocycles. The van der Waals surface area contributed by atoms with Crippen molar-refractivity contribution < 1.29 is 31.3 Å². The maximum atomic E-state index is 11.3. The van der Waals surface area contributed by atoms with Gasteiger partial charge in [-0.25, -0.2) is 13.2 Å². The highest BCUT2D eigenvalue weighted by molar-refractivity contribution is 8.06. The summed E-state index contributed by atoms with van der Waals surface area (Å²) < 4.78 is 53.8. The van der Waals surface area contributed by atoms with Gasteiger partial charge in [-0.2, -0.15) is 8.42 Å². The lowest BCUT2D eigenvalue weighted by atomic mass is 10.2. The monoisotopic (exact) mass is 295 g/mol. The molecule has 0 atom stereocenters. The molecule has 100 valence electrons. The summed E-state index contributed by atoms with van der Waals surface area (Å²) in [7, 11) is -9.01. The second-order valence-corrected chi connectivity index (χ2v) is 6.84. The molecule has 1 aromatic carbocycles. The van der Waals surface area contributed by atoms with E-state index in [1.807, 2.05) is 4.72 Å². The first-order valence-corrected chi connectivity index (χ1v) is 7.64. The molecule has 3 N–H and O–H groups in total. The first kappa shape index (κ1) is 14.4. The highest BCUT2D eigenvalue weighted by Gasteiger charge is 2.20. The molecule has 8 nitrogen and oxygen atoms in total. The molecule has 0 radical (unpaired) electrons. The number of nitrogens with one attached hydrogen (secondary N) is 1. The van der Waals surface area contributed by atoms with Crippen LogP contribution in [0.25, 0.3) is 0 Å². The van der Waals surface area contributed by atoms with E-state index in [1.54, 1.807) is 0 Å². The predicted octanol–water partition coefficient (Wildman–Crippen LogP) is -0.0282. The van der Waals surface area contributed by atoms with Gasteiger partial charge in [0.1, 0.15) is 0 Å². The number of sulfonamides is 1. The fourth-order valence-electron chi connectivity index (χ4n) is 1.12. The van der Waals surface area contributed by atoms with Crippen LogP contribution >= 0.6 is 0 Å². The van der Waals surface area contributed by atoms with E-state index < -0.39 is 31.2 Å². The van der Waals surface area contributed by atoms with Gasteiger partial charge in [0.25, 0.3) is 10.1 Å². The van der Waals surface area contributed by atoms with Crippen LogP contribution in [0.1, 0.15) is 10.4 Å². The molecule has 0 aliphatic heterocycles. The number of hydrogen-bond donors (Lipinski definition) is 3. The number of aromatic carboxylic acids is 1. The topological polar surface area (TPSA) is 138 Å². The highest BCUT2D eigenvalue weighted by Crippen LogP contribution is 2.13. The van der Waals surface area contributed by atoms with E-state index in [0.717, 1.165) is 6.07 Å². The first-order chi connectivity index (χ1) is 8.09. The molecule has 0 spiro atoms. The van der Waals surface area contributed by atoms with Gasteiger partial charge in [0.05, 0.1) is 5.56 Å². The normalized spacial score (nSPS) is 12.1. The van der Waals surface area contributed by atoms with Gasteiger partial charge in [-0.05, 0) is 18.2 Å². The Morgan fingerprint density at radius 3 is 2.33 bits per heavy atom. The zero-order valence-corrected chi connectivity index (χ0v) is 10.4. The Balaban J connectivity index is 2.98. The average Bonchev–Trinajstić information content (AvgIpc) is 2.12. The zero-order valence-electron chi connectivity index (χ0n) is 8.77. The number of anilines is 1. The number of carboxylic acids is 1. The molecule has 0 saturated carbocycles. The summed E-state index contributed by atoms with van der Waals surface area (Å²) in [4.78, 5) is 10.6. The van der Waals surface area contributed by atoms with Crippen LogP contribution in [0.4, 0.5) is 5.69 Å². The average molecular weight is 295 g/mol. The fraction of sp³-hybridized carbons (Fsp3) is 0.125. The van der Waals surface area contributed by atoms with Gasteiger partial charge in [0.15, 0.2) is 5.08 Å². The van der Waals surface area contributed by atoms with Crippen LogP contribution < -0.4 is 4.72 Å². The molecular formula is C8H9NO7S2. The van der Waals surface area contributed by atoms with Crippen LogP contribution in [0.3, 0.4) is 0 Å². The second-order valence-electron chi connectivity index (χ2n) is 3.30. The van der Waals surface area contributed by atoms with Gasteiger partial charge in [-0.3, -0.25) is 9.27 Å². The molecule has 0 saturated heterocycles. The SMILES string of the molecule is O=C(O)c1cccc(NS(=O)(=O)CS(=O)(=O)O)c1. The Morgan fingerprint density at radius 1 is 1.22 bits per heavy atom. The third kappa shape index (κ3) is 4.69. The largest absolute Gasteiger partial charge is 0.478 e. The Labute approximate surface area is 103 Å². The van der Waals surface area contributed by atoms with Crippen molar-refractivity contribution in [1.29, 1.82) is 0 Å². The summed E-state index contributed by atoms with van der Waals surface area (Å²) in [5.41, 5.74) is -0.277. The number of benzene rings is 1. The number of rotatable bonds is 5. The van der Waals surface area contributed by atoms with Gasteiger partial charge >= 0.3 is 5.97 Å². The molecule has 10 heteroatoms. The molecule has 0 amide bonds. The Hall–Kier alpha value is -1.65. The summed E-state index contributed by atoms with van der Waals surface area (Å²) in [5.74, 6) is -1.26. The lowest BCUT2D eigenvalue weighted by Gasteiger charge is -2.06. The van der Waals surface area contributed by atoms with E-state index in [0.29, 0.717) is 0 Å². The van der Waals surface area contributed by atoms with Crippen molar-refractivity contribution >= 4 is 31.8 Å². The van der Waals surface area contributed by atoms with Crippen LogP contribution in [0, 0.1) is 0 Å². The minimum Gasteiger partial charge on any atom is -0.478 e. The fourth-order valence-corrected chi connectivity index (χ4v) is 3.41. The maximum Gasteiger partial charge on any atom is 0.335 e. The van der Waals surface area contributed by atoms with E-state index in [1.165, 1.54) is 18.2 Å².